The number of aliphatic hydroxyl groups is 1. The second-order valence-electron chi connectivity index (χ2n) is 7.47. The summed E-state index contributed by atoms with van der Waals surface area (Å²) >= 11 is 1.65. The molecule has 26 heavy (non-hydrogen) atoms. The molecule has 140 valence electrons. The van der Waals surface area contributed by atoms with E-state index in [9.17, 15) is 9.90 Å². The summed E-state index contributed by atoms with van der Waals surface area (Å²) in [4.78, 5) is 14.2. The Hall–Kier alpha value is -1.85. The third kappa shape index (κ3) is 4.10. The van der Waals surface area contributed by atoms with Crippen LogP contribution in [0, 0.1) is 0 Å². The first-order valence-corrected chi connectivity index (χ1v) is 10.0. The highest BCUT2D eigenvalue weighted by molar-refractivity contribution is 7.10. The fourth-order valence-corrected chi connectivity index (χ4v) is 4.78. The van der Waals surface area contributed by atoms with E-state index in [0.29, 0.717) is 6.42 Å². The molecule has 1 aliphatic carbocycles. The van der Waals surface area contributed by atoms with Crippen LogP contribution < -0.4 is 10.1 Å². The minimum Gasteiger partial charge on any atom is -0.497 e. The van der Waals surface area contributed by atoms with E-state index in [2.05, 4.69) is 11.4 Å². The van der Waals surface area contributed by atoms with E-state index in [-0.39, 0.29) is 12.5 Å². The highest BCUT2D eigenvalue weighted by atomic mass is 32.1. The maximum absolute atomic E-state index is 13.0. The molecule has 1 amide bonds. The lowest BCUT2D eigenvalue weighted by molar-refractivity contribution is -0.127. The highest BCUT2D eigenvalue weighted by Gasteiger charge is 2.43. The van der Waals surface area contributed by atoms with Gasteiger partial charge in [-0.3, -0.25) is 4.79 Å². The van der Waals surface area contributed by atoms with Gasteiger partial charge in [-0.1, -0.05) is 31.0 Å². The normalized spacial score (nSPS) is 18.3. The molecular weight excluding hydrogens is 346 g/mol. The molecule has 1 saturated carbocycles. The maximum atomic E-state index is 13.0. The van der Waals surface area contributed by atoms with Gasteiger partial charge in [-0.15, -0.1) is 11.3 Å². The van der Waals surface area contributed by atoms with Crippen LogP contribution in [0.4, 0.5) is 0 Å². The molecule has 1 aromatic heterocycles. The largest absolute Gasteiger partial charge is 0.497 e. The first kappa shape index (κ1) is 18.9. The third-order valence-corrected chi connectivity index (χ3v) is 6.33. The molecule has 1 heterocycles. The van der Waals surface area contributed by atoms with Crippen LogP contribution in [0.3, 0.4) is 0 Å². The number of methoxy groups -OCH3 is 1. The molecule has 1 fully saturated rings. The molecule has 4 nitrogen and oxygen atoms in total. The van der Waals surface area contributed by atoms with Crippen LogP contribution in [-0.2, 0) is 16.6 Å². The van der Waals surface area contributed by atoms with Crippen LogP contribution >= 0.6 is 11.3 Å². The van der Waals surface area contributed by atoms with E-state index in [1.165, 1.54) is 0 Å². The number of amides is 1. The van der Waals surface area contributed by atoms with Gasteiger partial charge in [0.25, 0.3) is 0 Å². The van der Waals surface area contributed by atoms with Crippen molar-refractivity contribution in [1.82, 2.24) is 5.32 Å². The second kappa shape index (κ2) is 7.80. The van der Waals surface area contributed by atoms with Crippen molar-refractivity contribution >= 4 is 17.2 Å². The maximum Gasteiger partial charge on any atom is 0.231 e. The van der Waals surface area contributed by atoms with Crippen molar-refractivity contribution in [2.75, 3.05) is 13.7 Å². The first-order valence-electron chi connectivity index (χ1n) is 9.13. The van der Waals surface area contributed by atoms with Gasteiger partial charge in [0.1, 0.15) is 5.75 Å². The summed E-state index contributed by atoms with van der Waals surface area (Å²) in [6.45, 7) is 2.01. The Bertz CT molecular complexity index is 716. The average molecular weight is 374 g/mol. The molecule has 0 saturated heterocycles. The van der Waals surface area contributed by atoms with Gasteiger partial charge in [-0.2, -0.15) is 0 Å². The number of hydrogen-bond donors (Lipinski definition) is 2. The van der Waals surface area contributed by atoms with Gasteiger partial charge >= 0.3 is 0 Å². The second-order valence-corrected chi connectivity index (χ2v) is 8.42. The lowest BCUT2D eigenvalue weighted by Gasteiger charge is -2.30. The number of ether oxygens (including phenoxy) is 1. The minimum absolute atomic E-state index is 0.0486. The lowest BCUT2D eigenvalue weighted by atomic mass is 9.83. The zero-order chi connectivity index (χ0) is 18.6. The van der Waals surface area contributed by atoms with Gasteiger partial charge in [0.05, 0.1) is 18.1 Å². The monoisotopic (exact) mass is 373 g/mol. The predicted molar refractivity (Wildman–Crippen MR) is 105 cm³/mol. The van der Waals surface area contributed by atoms with Crippen molar-refractivity contribution in [3.05, 3.63) is 52.2 Å². The smallest absolute Gasteiger partial charge is 0.231 e. The summed E-state index contributed by atoms with van der Waals surface area (Å²) in [5.74, 6) is 0.841. The molecule has 0 radical (unpaired) electrons. The Morgan fingerprint density at radius 3 is 2.54 bits per heavy atom. The van der Waals surface area contributed by atoms with E-state index in [4.69, 9.17) is 4.74 Å². The zero-order valence-electron chi connectivity index (χ0n) is 15.5. The standard InChI is InChI=1S/C21H27NO3S/c1-20(24,14-16-7-9-17(25-2)10-8-16)15-22-19(23)21(11-3-4-12-21)18-6-5-13-26-18/h5-10,13,24H,3-4,11-12,14-15H2,1-2H3,(H,22,23)/t20-/m1/s1. The summed E-state index contributed by atoms with van der Waals surface area (Å²) in [6, 6.07) is 11.7. The lowest BCUT2D eigenvalue weighted by Crippen LogP contribution is -2.48. The van der Waals surface area contributed by atoms with Gasteiger partial charge in [-0.25, -0.2) is 0 Å². The Morgan fingerprint density at radius 2 is 1.96 bits per heavy atom. The Balaban J connectivity index is 1.63. The Kier molecular flexibility index (Phi) is 5.68. The van der Waals surface area contributed by atoms with Crippen LogP contribution in [0.15, 0.2) is 41.8 Å². The van der Waals surface area contributed by atoms with Crippen molar-refractivity contribution in [2.45, 2.75) is 50.0 Å². The molecule has 1 aliphatic rings. The topological polar surface area (TPSA) is 58.6 Å². The number of carbonyl (C=O) groups excluding carboxylic acids is 1. The predicted octanol–water partition coefficient (Wildman–Crippen LogP) is 3.68. The molecular formula is C21H27NO3S. The van der Waals surface area contributed by atoms with Crippen molar-refractivity contribution in [2.24, 2.45) is 0 Å². The van der Waals surface area contributed by atoms with Gasteiger partial charge < -0.3 is 15.2 Å². The molecule has 2 aromatic rings. The molecule has 0 unspecified atom stereocenters. The summed E-state index contributed by atoms with van der Waals surface area (Å²) in [6.07, 6.45) is 4.41. The summed E-state index contributed by atoms with van der Waals surface area (Å²) in [5.41, 5.74) is -0.400. The van der Waals surface area contributed by atoms with Crippen molar-refractivity contribution in [3.63, 3.8) is 0 Å². The number of carbonyl (C=O) groups is 1. The Labute approximate surface area is 159 Å². The van der Waals surface area contributed by atoms with E-state index in [0.717, 1.165) is 41.9 Å². The van der Waals surface area contributed by atoms with Crippen molar-refractivity contribution in [1.29, 1.82) is 0 Å². The fraction of sp³-hybridized carbons (Fsp3) is 0.476. The van der Waals surface area contributed by atoms with Gasteiger partial charge in [0.15, 0.2) is 0 Å². The summed E-state index contributed by atoms with van der Waals surface area (Å²) < 4.78 is 5.16. The van der Waals surface area contributed by atoms with Crippen LogP contribution in [0.1, 0.15) is 43.0 Å². The van der Waals surface area contributed by atoms with E-state index >= 15 is 0 Å². The van der Waals surface area contributed by atoms with E-state index in [1.54, 1.807) is 25.4 Å². The molecule has 3 rings (SSSR count). The third-order valence-electron chi connectivity index (χ3n) is 5.26. The molecule has 0 aliphatic heterocycles. The SMILES string of the molecule is COc1ccc(C[C@@](C)(O)CNC(=O)C2(c3cccs3)CCCC2)cc1. The Morgan fingerprint density at radius 1 is 1.27 bits per heavy atom. The number of hydrogen-bond acceptors (Lipinski definition) is 4. The summed E-state index contributed by atoms with van der Waals surface area (Å²) in [5, 5.41) is 15.8. The number of nitrogens with one attached hydrogen (secondary N) is 1. The number of thiophene rings is 1. The molecule has 0 bridgehead atoms. The molecule has 1 atom stereocenters. The van der Waals surface area contributed by atoms with Crippen molar-refractivity contribution in [3.8, 4) is 5.75 Å². The highest BCUT2D eigenvalue weighted by Crippen LogP contribution is 2.43. The van der Waals surface area contributed by atoms with Gasteiger partial charge in [0.2, 0.25) is 5.91 Å². The van der Waals surface area contributed by atoms with Crippen LogP contribution in [-0.4, -0.2) is 30.3 Å². The van der Waals surface area contributed by atoms with Crippen LogP contribution in [0.2, 0.25) is 0 Å². The van der Waals surface area contributed by atoms with E-state index in [1.807, 2.05) is 35.7 Å². The quantitative estimate of drug-likeness (QED) is 0.778. The summed E-state index contributed by atoms with van der Waals surface area (Å²) in [7, 11) is 1.63. The molecule has 1 aromatic carbocycles. The number of benzene rings is 1. The van der Waals surface area contributed by atoms with Gasteiger partial charge in [0, 0.05) is 17.8 Å². The molecule has 0 spiro atoms. The average Bonchev–Trinajstić information content (AvgIpc) is 3.32. The molecule has 2 N–H and O–H groups in total. The van der Waals surface area contributed by atoms with Crippen molar-refractivity contribution < 1.29 is 14.6 Å². The van der Waals surface area contributed by atoms with Crippen LogP contribution in [0.25, 0.3) is 0 Å². The first-order chi connectivity index (χ1) is 12.5. The number of rotatable bonds is 7. The van der Waals surface area contributed by atoms with Gasteiger partial charge in [-0.05, 0) is 48.9 Å². The molecule has 5 heteroatoms. The van der Waals surface area contributed by atoms with Crippen LogP contribution in [0.5, 0.6) is 5.75 Å². The fourth-order valence-electron chi connectivity index (χ4n) is 3.80. The minimum atomic E-state index is -1.00. The zero-order valence-corrected chi connectivity index (χ0v) is 16.3. The van der Waals surface area contributed by atoms with E-state index < -0.39 is 11.0 Å².